The number of carbonyl (C=O) groups excluding carboxylic acids is 1. The normalized spacial score (nSPS) is 15.7. The zero-order chi connectivity index (χ0) is 10.3. The molecule has 2 atom stereocenters. The molecule has 0 aliphatic carbocycles. The van der Waals surface area contributed by atoms with Crippen LogP contribution in [0.4, 0.5) is 0 Å². The second-order valence-electron chi connectivity index (χ2n) is 2.82. The summed E-state index contributed by atoms with van der Waals surface area (Å²) in [6.07, 6.45) is 2.72. The summed E-state index contributed by atoms with van der Waals surface area (Å²) in [6, 6.07) is 0. The SMILES string of the molecule is COC(=O)C/C=C/[C@@H](C)[C@H](O)CO. The molecule has 76 valence electrons. The maximum absolute atomic E-state index is 10.6. The van der Waals surface area contributed by atoms with Gasteiger partial charge in [0.05, 0.1) is 26.2 Å². The molecule has 13 heavy (non-hydrogen) atoms. The van der Waals surface area contributed by atoms with Crippen LogP contribution in [0.15, 0.2) is 12.2 Å². The smallest absolute Gasteiger partial charge is 0.309 e. The summed E-state index contributed by atoms with van der Waals surface area (Å²) in [6.45, 7) is 1.48. The van der Waals surface area contributed by atoms with Crippen LogP contribution in [0.1, 0.15) is 13.3 Å². The zero-order valence-corrected chi connectivity index (χ0v) is 7.93. The molecular formula is C9H16O4. The summed E-state index contributed by atoms with van der Waals surface area (Å²) in [4.78, 5) is 10.6. The van der Waals surface area contributed by atoms with E-state index < -0.39 is 6.10 Å². The van der Waals surface area contributed by atoms with E-state index in [0.717, 1.165) is 0 Å². The van der Waals surface area contributed by atoms with Crippen molar-refractivity contribution < 1.29 is 19.7 Å². The Morgan fingerprint density at radius 1 is 1.62 bits per heavy atom. The van der Waals surface area contributed by atoms with E-state index >= 15 is 0 Å². The largest absolute Gasteiger partial charge is 0.469 e. The van der Waals surface area contributed by atoms with E-state index in [9.17, 15) is 4.79 Å². The maximum atomic E-state index is 10.6. The Morgan fingerprint density at radius 3 is 2.69 bits per heavy atom. The zero-order valence-electron chi connectivity index (χ0n) is 7.93. The van der Waals surface area contributed by atoms with Gasteiger partial charge in [-0.1, -0.05) is 19.1 Å². The van der Waals surface area contributed by atoms with E-state index in [0.29, 0.717) is 0 Å². The predicted octanol–water partition coefficient (Wildman–Crippen LogP) is 0.0950. The fraction of sp³-hybridized carbons (Fsp3) is 0.667. The molecule has 0 heterocycles. The van der Waals surface area contributed by atoms with Crippen molar-refractivity contribution in [3.05, 3.63) is 12.2 Å². The summed E-state index contributed by atoms with van der Waals surface area (Å²) in [5, 5.41) is 17.7. The van der Waals surface area contributed by atoms with Gasteiger partial charge in [0.15, 0.2) is 0 Å². The van der Waals surface area contributed by atoms with Crippen molar-refractivity contribution in [3.8, 4) is 0 Å². The molecular weight excluding hydrogens is 172 g/mol. The highest BCUT2D eigenvalue weighted by Gasteiger charge is 2.08. The summed E-state index contributed by atoms with van der Waals surface area (Å²) in [5.41, 5.74) is 0. The molecule has 0 aliphatic heterocycles. The molecule has 0 radical (unpaired) electrons. The minimum atomic E-state index is -0.770. The number of rotatable bonds is 5. The molecule has 0 amide bonds. The standard InChI is InChI=1S/C9H16O4/c1-7(8(11)6-10)4-3-5-9(12)13-2/h3-4,7-8,10-11H,5-6H2,1-2H3/b4-3+/t7-,8-/m1/s1. The molecule has 4 nitrogen and oxygen atoms in total. The van der Waals surface area contributed by atoms with Crippen LogP contribution in [0.3, 0.4) is 0 Å². The Kier molecular flexibility index (Phi) is 6.18. The van der Waals surface area contributed by atoms with E-state index in [4.69, 9.17) is 10.2 Å². The van der Waals surface area contributed by atoms with E-state index in [2.05, 4.69) is 4.74 Å². The quantitative estimate of drug-likeness (QED) is 0.474. The summed E-state index contributed by atoms with van der Waals surface area (Å²) < 4.78 is 4.42. The second kappa shape index (κ2) is 6.62. The van der Waals surface area contributed by atoms with Gasteiger partial charge in [-0.2, -0.15) is 0 Å². The molecule has 0 fully saturated rings. The van der Waals surface area contributed by atoms with Gasteiger partial charge in [-0.15, -0.1) is 0 Å². The molecule has 0 aromatic heterocycles. The van der Waals surface area contributed by atoms with E-state index in [1.165, 1.54) is 7.11 Å². The molecule has 2 N–H and O–H groups in total. The highest BCUT2D eigenvalue weighted by Crippen LogP contribution is 2.04. The van der Waals surface area contributed by atoms with Gasteiger partial charge in [-0.05, 0) is 0 Å². The molecule has 0 spiro atoms. The third-order valence-electron chi connectivity index (χ3n) is 1.75. The van der Waals surface area contributed by atoms with Gasteiger partial charge in [-0.25, -0.2) is 0 Å². The third kappa shape index (κ3) is 5.38. The summed E-state index contributed by atoms with van der Waals surface area (Å²) in [7, 11) is 1.32. The number of carbonyl (C=O) groups is 1. The summed E-state index contributed by atoms with van der Waals surface area (Å²) in [5.74, 6) is -0.475. The number of hydrogen-bond donors (Lipinski definition) is 2. The molecule has 0 aromatic carbocycles. The lowest BCUT2D eigenvalue weighted by atomic mass is 10.1. The van der Waals surface area contributed by atoms with Crippen molar-refractivity contribution in [2.24, 2.45) is 5.92 Å². The Morgan fingerprint density at radius 2 is 2.23 bits per heavy atom. The molecule has 0 saturated carbocycles. The second-order valence-corrected chi connectivity index (χ2v) is 2.82. The topological polar surface area (TPSA) is 66.8 Å². The van der Waals surface area contributed by atoms with E-state index in [1.54, 1.807) is 19.1 Å². The third-order valence-corrected chi connectivity index (χ3v) is 1.75. The number of aliphatic hydroxyl groups excluding tert-OH is 2. The highest BCUT2D eigenvalue weighted by atomic mass is 16.5. The van der Waals surface area contributed by atoms with Crippen LogP contribution in [-0.4, -0.2) is 36.0 Å². The molecule has 0 aliphatic rings. The molecule has 0 rings (SSSR count). The average Bonchev–Trinajstić information content (AvgIpc) is 2.15. The minimum Gasteiger partial charge on any atom is -0.469 e. The monoisotopic (exact) mass is 188 g/mol. The number of ether oxygens (including phenoxy) is 1. The Balaban J connectivity index is 3.77. The molecule has 0 unspecified atom stereocenters. The summed E-state index contributed by atoms with van der Waals surface area (Å²) >= 11 is 0. The first-order valence-corrected chi connectivity index (χ1v) is 4.14. The minimum absolute atomic E-state index is 0.158. The van der Waals surface area contributed by atoms with Gasteiger partial charge < -0.3 is 14.9 Å². The first kappa shape index (κ1) is 12.1. The predicted molar refractivity (Wildman–Crippen MR) is 48.0 cm³/mol. The molecule has 0 saturated heterocycles. The van der Waals surface area contributed by atoms with Crippen LogP contribution in [-0.2, 0) is 9.53 Å². The van der Waals surface area contributed by atoms with Crippen molar-refractivity contribution >= 4 is 5.97 Å². The lowest BCUT2D eigenvalue weighted by Crippen LogP contribution is -2.19. The Bertz CT molecular complexity index is 176. The van der Waals surface area contributed by atoms with Crippen LogP contribution in [0.5, 0.6) is 0 Å². The number of hydrogen-bond acceptors (Lipinski definition) is 4. The maximum Gasteiger partial charge on any atom is 0.309 e. The van der Waals surface area contributed by atoms with Crippen LogP contribution in [0, 0.1) is 5.92 Å². The van der Waals surface area contributed by atoms with Crippen molar-refractivity contribution in [2.45, 2.75) is 19.4 Å². The van der Waals surface area contributed by atoms with Crippen molar-refractivity contribution in [1.82, 2.24) is 0 Å². The van der Waals surface area contributed by atoms with E-state index in [1.807, 2.05) is 0 Å². The van der Waals surface area contributed by atoms with Gasteiger partial charge in [0.25, 0.3) is 0 Å². The molecule has 4 heteroatoms. The fourth-order valence-corrected chi connectivity index (χ4v) is 0.757. The number of methoxy groups -OCH3 is 1. The van der Waals surface area contributed by atoms with Gasteiger partial charge in [0, 0.05) is 5.92 Å². The van der Waals surface area contributed by atoms with E-state index in [-0.39, 0.29) is 24.9 Å². The van der Waals surface area contributed by atoms with Gasteiger partial charge in [0.2, 0.25) is 0 Å². The highest BCUT2D eigenvalue weighted by molar-refractivity contribution is 5.70. The first-order chi connectivity index (χ1) is 6.11. The van der Waals surface area contributed by atoms with Crippen LogP contribution in [0.25, 0.3) is 0 Å². The molecule has 0 bridgehead atoms. The van der Waals surface area contributed by atoms with Crippen LogP contribution >= 0.6 is 0 Å². The van der Waals surface area contributed by atoms with Crippen molar-refractivity contribution in [1.29, 1.82) is 0 Å². The van der Waals surface area contributed by atoms with Gasteiger partial charge in [-0.3, -0.25) is 4.79 Å². The molecule has 0 aromatic rings. The van der Waals surface area contributed by atoms with Gasteiger partial charge in [0.1, 0.15) is 0 Å². The average molecular weight is 188 g/mol. The lowest BCUT2D eigenvalue weighted by Gasteiger charge is -2.11. The lowest BCUT2D eigenvalue weighted by molar-refractivity contribution is -0.139. The van der Waals surface area contributed by atoms with Crippen molar-refractivity contribution in [2.75, 3.05) is 13.7 Å². The van der Waals surface area contributed by atoms with Crippen molar-refractivity contribution in [3.63, 3.8) is 0 Å². The Hall–Kier alpha value is -0.870. The number of aliphatic hydroxyl groups is 2. The Labute approximate surface area is 77.8 Å². The van der Waals surface area contributed by atoms with Crippen LogP contribution in [0.2, 0.25) is 0 Å². The number of esters is 1. The first-order valence-electron chi connectivity index (χ1n) is 4.14. The van der Waals surface area contributed by atoms with Gasteiger partial charge >= 0.3 is 5.97 Å². The van der Waals surface area contributed by atoms with Crippen LogP contribution < -0.4 is 0 Å². The fourth-order valence-electron chi connectivity index (χ4n) is 0.757.